The summed E-state index contributed by atoms with van der Waals surface area (Å²) >= 11 is 0. The zero-order valence-corrected chi connectivity index (χ0v) is 19.8. The molecule has 3 fully saturated rings. The fourth-order valence-electron chi connectivity index (χ4n) is 8.17. The van der Waals surface area contributed by atoms with E-state index in [0.29, 0.717) is 28.4 Å². The van der Waals surface area contributed by atoms with Crippen LogP contribution in [0, 0.1) is 52.3 Å². The van der Waals surface area contributed by atoms with E-state index >= 15 is 0 Å². The Kier molecular flexibility index (Phi) is 5.67. The average molecular weight is 397 g/mol. The Morgan fingerprint density at radius 1 is 0.931 bits per heavy atom. The highest BCUT2D eigenvalue weighted by Gasteiger charge is 2.59. The lowest BCUT2D eigenvalue weighted by molar-refractivity contribution is -0.117. The Balaban J connectivity index is 1.53. The minimum atomic E-state index is 0.314. The molecule has 3 saturated carbocycles. The van der Waals surface area contributed by atoms with Crippen molar-refractivity contribution in [3.05, 3.63) is 23.8 Å². The Bertz CT molecular complexity index is 699. The number of hydrogen-bond donors (Lipinski definition) is 0. The van der Waals surface area contributed by atoms with Crippen LogP contribution in [0.2, 0.25) is 0 Å². The Hall–Kier alpha value is -0.850. The first-order valence-electron chi connectivity index (χ1n) is 12.6. The van der Waals surface area contributed by atoms with E-state index in [4.69, 9.17) is 0 Å². The molecule has 0 N–H and O–H groups in total. The molecular weight excluding hydrogens is 352 g/mol. The van der Waals surface area contributed by atoms with Gasteiger partial charge >= 0.3 is 0 Å². The highest BCUT2D eigenvalue weighted by molar-refractivity contribution is 5.91. The van der Waals surface area contributed by atoms with E-state index in [-0.39, 0.29) is 0 Å². The molecule has 0 aromatic carbocycles. The van der Waals surface area contributed by atoms with Crippen LogP contribution in [0.1, 0.15) is 92.9 Å². The monoisotopic (exact) mass is 396 g/mol. The maximum atomic E-state index is 12.0. The quantitative estimate of drug-likeness (QED) is 0.447. The Morgan fingerprint density at radius 2 is 1.69 bits per heavy atom. The molecule has 0 aliphatic heterocycles. The van der Waals surface area contributed by atoms with Crippen molar-refractivity contribution in [2.45, 2.75) is 92.9 Å². The highest BCUT2D eigenvalue weighted by Crippen LogP contribution is 2.67. The first-order valence-corrected chi connectivity index (χ1v) is 12.6. The van der Waals surface area contributed by atoms with Gasteiger partial charge in [-0.15, -0.1) is 0 Å². The first kappa shape index (κ1) is 21.4. The smallest absolute Gasteiger partial charge is 0.155 e. The molecule has 0 heterocycles. The van der Waals surface area contributed by atoms with Crippen LogP contribution in [-0.2, 0) is 4.79 Å². The summed E-state index contributed by atoms with van der Waals surface area (Å²) < 4.78 is 0. The molecular formula is C28H44O. The number of hydrogen-bond acceptors (Lipinski definition) is 1. The van der Waals surface area contributed by atoms with Gasteiger partial charge in [-0.3, -0.25) is 4.79 Å². The van der Waals surface area contributed by atoms with Crippen LogP contribution in [0.25, 0.3) is 0 Å². The van der Waals surface area contributed by atoms with Crippen molar-refractivity contribution in [2.75, 3.05) is 0 Å². The van der Waals surface area contributed by atoms with E-state index in [0.717, 1.165) is 42.4 Å². The molecule has 4 aliphatic carbocycles. The number of ketones is 1. The van der Waals surface area contributed by atoms with Crippen molar-refractivity contribution in [1.82, 2.24) is 0 Å². The predicted molar refractivity (Wildman–Crippen MR) is 123 cm³/mol. The maximum absolute atomic E-state index is 12.0. The topological polar surface area (TPSA) is 17.1 Å². The normalized spacial score (nSPS) is 44.2. The van der Waals surface area contributed by atoms with Gasteiger partial charge in [0.25, 0.3) is 0 Å². The third-order valence-corrected chi connectivity index (χ3v) is 10.4. The zero-order valence-electron chi connectivity index (χ0n) is 19.8. The number of fused-ring (bicyclic) bond motifs is 5. The van der Waals surface area contributed by atoms with Gasteiger partial charge in [-0.2, -0.15) is 0 Å². The fourth-order valence-corrected chi connectivity index (χ4v) is 8.17. The van der Waals surface area contributed by atoms with Gasteiger partial charge in [-0.25, -0.2) is 0 Å². The van der Waals surface area contributed by atoms with Gasteiger partial charge in [-0.05, 0) is 103 Å². The van der Waals surface area contributed by atoms with E-state index in [1.165, 1.54) is 44.1 Å². The second-order valence-corrected chi connectivity index (χ2v) is 12.0. The predicted octanol–water partition coefficient (Wildman–Crippen LogP) is 7.62. The highest BCUT2D eigenvalue weighted by atomic mass is 16.1. The zero-order chi connectivity index (χ0) is 21.0. The number of carbonyl (C=O) groups excluding carboxylic acids is 1. The molecule has 5 unspecified atom stereocenters. The Labute approximate surface area is 179 Å². The lowest BCUT2D eigenvalue weighted by Gasteiger charge is -2.58. The molecule has 4 rings (SSSR count). The molecule has 0 amide bonds. The summed E-state index contributed by atoms with van der Waals surface area (Å²) in [5.74, 6) is 5.95. The standard InChI is InChI=1S/C28H44O/c1-18(2)19(3)7-8-20(4)24-11-12-25-23-10-9-21-17-22(29)13-15-27(21,5)26(23)14-16-28(24,25)6/h7-8,17-20,23-26H,9-16H2,1-6H3/b8-7+/t19-,20+,23?,24+,25?,26?,27?,28?/m0/s1. The Morgan fingerprint density at radius 3 is 2.41 bits per heavy atom. The molecule has 1 heteroatoms. The fraction of sp³-hybridized carbons (Fsp3) is 0.821. The van der Waals surface area contributed by atoms with Crippen molar-refractivity contribution in [2.24, 2.45) is 52.3 Å². The summed E-state index contributed by atoms with van der Waals surface area (Å²) in [5, 5.41) is 0. The molecule has 1 nitrogen and oxygen atoms in total. The van der Waals surface area contributed by atoms with E-state index in [9.17, 15) is 4.79 Å². The third kappa shape index (κ3) is 3.49. The number of rotatable bonds is 4. The largest absolute Gasteiger partial charge is 0.295 e. The third-order valence-electron chi connectivity index (χ3n) is 10.4. The lowest BCUT2D eigenvalue weighted by Crippen LogP contribution is -2.50. The van der Waals surface area contributed by atoms with Crippen molar-refractivity contribution in [3.63, 3.8) is 0 Å². The molecule has 8 atom stereocenters. The van der Waals surface area contributed by atoms with Crippen molar-refractivity contribution >= 4 is 5.78 Å². The number of carbonyl (C=O) groups is 1. The van der Waals surface area contributed by atoms with Gasteiger partial charge in [0.2, 0.25) is 0 Å². The van der Waals surface area contributed by atoms with Crippen molar-refractivity contribution in [3.8, 4) is 0 Å². The van der Waals surface area contributed by atoms with Crippen LogP contribution in [0.5, 0.6) is 0 Å². The van der Waals surface area contributed by atoms with Crippen LogP contribution in [-0.4, -0.2) is 5.78 Å². The maximum Gasteiger partial charge on any atom is 0.155 e. The molecule has 0 bridgehead atoms. The van der Waals surface area contributed by atoms with E-state index in [2.05, 4.69) is 53.7 Å². The summed E-state index contributed by atoms with van der Waals surface area (Å²) in [6.07, 6.45) is 17.2. The van der Waals surface area contributed by atoms with Gasteiger partial charge in [0.15, 0.2) is 5.78 Å². The van der Waals surface area contributed by atoms with Gasteiger partial charge in [0.05, 0.1) is 0 Å². The molecule has 162 valence electrons. The molecule has 0 aromatic heterocycles. The van der Waals surface area contributed by atoms with Gasteiger partial charge in [0.1, 0.15) is 0 Å². The SMILES string of the molecule is CC(C)[C@@H](C)/C=C/[C@@H](C)[C@H]1CCC2C3CCC4=CC(=O)CCC4(C)C3CCC21C. The molecule has 0 spiro atoms. The van der Waals surface area contributed by atoms with E-state index < -0.39 is 0 Å². The second kappa shape index (κ2) is 7.69. The van der Waals surface area contributed by atoms with Gasteiger partial charge in [-0.1, -0.05) is 59.3 Å². The lowest BCUT2D eigenvalue weighted by atomic mass is 9.46. The van der Waals surface area contributed by atoms with Crippen LogP contribution in [0.4, 0.5) is 0 Å². The molecule has 0 aromatic rings. The summed E-state index contributed by atoms with van der Waals surface area (Å²) in [6.45, 7) is 14.7. The van der Waals surface area contributed by atoms with Crippen molar-refractivity contribution < 1.29 is 4.79 Å². The minimum Gasteiger partial charge on any atom is -0.295 e. The van der Waals surface area contributed by atoms with Gasteiger partial charge in [0, 0.05) is 6.42 Å². The molecule has 4 aliphatic rings. The first-order chi connectivity index (χ1) is 13.7. The summed E-state index contributed by atoms with van der Waals surface area (Å²) in [7, 11) is 0. The minimum absolute atomic E-state index is 0.314. The summed E-state index contributed by atoms with van der Waals surface area (Å²) in [5.41, 5.74) is 2.34. The number of allylic oxidation sites excluding steroid dienone is 3. The molecule has 29 heavy (non-hydrogen) atoms. The summed E-state index contributed by atoms with van der Waals surface area (Å²) in [6, 6.07) is 0. The van der Waals surface area contributed by atoms with Crippen LogP contribution in [0.3, 0.4) is 0 Å². The van der Waals surface area contributed by atoms with Crippen molar-refractivity contribution in [1.29, 1.82) is 0 Å². The van der Waals surface area contributed by atoms with E-state index in [1.54, 1.807) is 0 Å². The molecule has 0 radical (unpaired) electrons. The van der Waals surface area contributed by atoms with Crippen LogP contribution >= 0.6 is 0 Å². The summed E-state index contributed by atoms with van der Waals surface area (Å²) in [4.78, 5) is 12.0. The average Bonchev–Trinajstić information content (AvgIpc) is 3.03. The second-order valence-electron chi connectivity index (χ2n) is 12.0. The van der Waals surface area contributed by atoms with Gasteiger partial charge < -0.3 is 0 Å². The van der Waals surface area contributed by atoms with E-state index in [1.807, 2.05) is 6.08 Å². The molecule has 0 saturated heterocycles. The van der Waals surface area contributed by atoms with Crippen LogP contribution in [0.15, 0.2) is 23.8 Å². The van der Waals surface area contributed by atoms with Crippen LogP contribution < -0.4 is 0 Å².